The Labute approximate surface area is 178 Å². The zero-order valence-corrected chi connectivity index (χ0v) is 17.6. The zero-order chi connectivity index (χ0) is 21.4. The lowest BCUT2D eigenvalue weighted by Crippen LogP contribution is -2.49. The molecule has 0 atom stereocenters. The molecule has 2 heterocycles. The molecule has 9 heteroatoms. The summed E-state index contributed by atoms with van der Waals surface area (Å²) in [7, 11) is 0. The number of rotatable bonds is 4. The number of halogens is 1. The highest BCUT2D eigenvalue weighted by molar-refractivity contribution is 6.31. The van der Waals surface area contributed by atoms with Crippen LogP contribution in [0, 0.1) is 24.0 Å². The summed E-state index contributed by atoms with van der Waals surface area (Å²) in [6.07, 6.45) is 0. The number of amides is 1. The fourth-order valence-electron chi connectivity index (χ4n) is 3.83. The maximum Gasteiger partial charge on any atom is 0.270 e. The molecule has 1 fully saturated rings. The summed E-state index contributed by atoms with van der Waals surface area (Å²) < 4.78 is 1.63. The molecule has 1 aliphatic rings. The molecule has 8 nitrogen and oxygen atoms in total. The van der Waals surface area contributed by atoms with E-state index < -0.39 is 4.92 Å². The highest BCUT2D eigenvalue weighted by Gasteiger charge is 2.23. The molecular weight excluding hydrogens is 406 g/mol. The molecular formula is C21H22ClN5O3. The number of non-ortho nitro benzene ring substituents is 1. The van der Waals surface area contributed by atoms with Crippen LogP contribution in [0.5, 0.6) is 0 Å². The molecule has 1 aromatic heterocycles. The molecule has 156 valence electrons. The second kappa shape index (κ2) is 7.95. The number of nitro benzene ring substituents is 1. The smallest absolute Gasteiger partial charge is 0.270 e. The zero-order valence-electron chi connectivity index (χ0n) is 16.8. The lowest BCUT2D eigenvalue weighted by molar-refractivity contribution is -0.384. The topological polar surface area (TPSA) is 84.5 Å². The van der Waals surface area contributed by atoms with Crippen molar-refractivity contribution >= 4 is 39.8 Å². The Balaban J connectivity index is 1.44. The summed E-state index contributed by atoms with van der Waals surface area (Å²) in [5.41, 5.74) is 3.56. The van der Waals surface area contributed by atoms with Gasteiger partial charge in [0.15, 0.2) is 0 Å². The fraction of sp³-hybridized carbons (Fsp3) is 0.333. The molecule has 0 aliphatic carbocycles. The van der Waals surface area contributed by atoms with Crippen molar-refractivity contribution in [2.45, 2.75) is 20.4 Å². The van der Waals surface area contributed by atoms with E-state index in [4.69, 9.17) is 11.6 Å². The van der Waals surface area contributed by atoms with Gasteiger partial charge in [0.05, 0.1) is 16.1 Å². The van der Waals surface area contributed by atoms with E-state index in [9.17, 15) is 14.9 Å². The molecule has 0 unspecified atom stereocenters. The molecule has 30 heavy (non-hydrogen) atoms. The van der Waals surface area contributed by atoms with E-state index in [1.165, 1.54) is 12.1 Å². The molecule has 0 radical (unpaired) electrons. The third kappa shape index (κ3) is 3.82. The minimum absolute atomic E-state index is 0.00955. The van der Waals surface area contributed by atoms with Gasteiger partial charge in [0, 0.05) is 54.4 Å². The Bertz CT molecular complexity index is 1140. The van der Waals surface area contributed by atoms with E-state index in [0.717, 1.165) is 34.9 Å². The van der Waals surface area contributed by atoms with Gasteiger partial charge in [-0.2, -0.15) is 5.10 Å². The van der Waals surface area contributed by atoms with Crippen molar-refractivity contribution < 1.29 is 9.72 Å². The van der Waals surface area contributed by atoms with Gasteiger partial charge >= 0.3 is 0 Å². The van der Waals surface area contributed by atoms with Crippen LogP contribution in [-0.2, 0) is 11.3 Å². The molecule has 0 N–H and O–H groups in total. The minimum atomic E-state index is -0.428. The highest BCUT2D eigenvalue weighted by Crippen LogP contribution is 2.25. The number of nitro groups is 1. The molecule has 0 spiro atoms. The summed E-state index contributed by atoms with van der Waals surface area (Å²) in [6.45, 7) is 6.64. The summed E-state index contributed by atoms with van der Waals surface area (Å²) in [5.74, 6) is -0.00955. The SMILES string of the molecule is Cc1cc(N2CCN(C(=O)Cn3nc(C)c4cc([N+](=O)[O-])ccc43)CC2)ccc1Cl. The summed E-state index contributed by atoms with van der Waals surface area (Å²) in [6, 6.07) is 10.6. The van der Waals surface area contributed by atoms with E-state index in [1.54, 1.807) is 17.7 Å². The van der Waals surface area contributed by atoms with Crippen LogP contribution in [0.3, 0.4) is 0 Å². The predicted octanol–water partition coefficient (Wildman–Crippen LogP) is 3.56. The number of aromatic nitrogens is 2. The Morgan fingerprint density at radius 2 is 1.87 bits per heavy atom. The van der Waals surface area contributed by atoms with Crippen LogP contribution >= 0.6 is 11.6 Å². The average Bonchev–Trinajstić information content (AvgIpc) is 3.05. The van der Waals surface area contributed by atoms with Crippen LogP contribution in [0.4, 0.5) is 11.4 Å². The number of nitrogens with zero attached hydrogens (tertiary/aromatic N) is 5. The number of hydrogen-bond donors (Lipinski definition) is 0. The van der Waals surface area contributed by atoms with Crippen molar-refractivity contribution in [3.8, 4) is 0 Å². The Kier molecular flexibility index (Phi) is 5.34. The Hall–Kier alpha value is -3.13. The monoisotopic (exact) mass is 427 g/mol. The second-order valence-electron chi connectivity index (χ2n) is 7.50. The number of anilines is 1. The number of hydrogen-bond acceptors (Lipinski definition) is 5. The fourth-order valence-corrected chi connectivity index (χ4v) is 3.95. The summed E-state index contributed by atoms with van der Waals surface area (Å²) >= 11 is 6.12. The largest absolute Gasteiger partial charge is 0.368 e. The third-order valence-corrected chi connectivity index (χ3v) is 5.98. The molecule has 0 bridgehead atoms. The Morgan fingerprint density at radius 1 is 1.13 bits per heavy atom. The first kappa shape index (κ1) is 20.2. The summed E-state index contributed by atoms with van der Waals surface area (Å²) in [4.78, 5) is 27.5. The van der Waals surface area contributed by atoms with Gasteiger partial charge in [-0.05, 0) is 43.7 Å². The lowest BCUT2D eigenvalue weighted by atomic mass is 10.2. The van der Waals surface area contributed by atoms with E-state index in [2.05, 4.69) is 16.1 Å². The number of fused-ring (bicyclic) bond motifs is 1. The van der Waals surface area contributed by atoms with Gasteiger partial charge in [0.25, 0.3) is 5.69 Å². The van der Waals surface area contributed by atoms with Crippen molar-refractivity contribution in [1.29, 1.82) is 0 Å². The number of carbonyl (C=O) groups is 1. The van der Waals surface area contributed by atoms with Gasteiger partial charge in [0.1, 0.15) is 6.54 Å². The first-order valence-corrected chi connectivity index (χ1v) is 10.1. The minimum Gasteiger partial charge on any atom is -0.368 e. The third-order valence-electron chi connectivity index (χ3n) is 5.55. The molecule has 4 rings (SSSR count). The Morgan fingerprint density at radius 3 is 2.53 bits per heavy atom. The molecule has 1 amide bonds. The molecule has 0 saturated carbocycles. The molecule has 1 saturated heterocycles. The van der Waals surface area contributed by atoms with E-state index >= 15 is 0 Å². The molecule has 1 aliphatic heterocycles. The van der Waals surface area contributed by atoms with E-state index in [-0.39, 0.29) is 18.1 Å². The lowest BCUT2D eigenvalue weighted by Gasteiger charge is -2.36. The van der Waals surface area contributed by atoms with Gasteiger partial charge in [-0.3, -0.25) is 19.6 Å². The van der Waals surface area contributed by atoms with Crippen molar-refractivity contribution in [2.24, 2.45) is 0 Å². The van der Waals surface area contributed by atoms with Crippen LogP contribution in [0.2, 0.25) is 5.02 Å². The predicted molar refractivity (Wildman–Crippen MR) is 116 cm³/mol. The van der Waals surface area contributed by atoms with E-state index in [0.29, 0.717) is 24.2 Å². The summed E-state index contributed by atoms with van der Waals surface area (Å²) in [5, 5.41) is 16.9. The van der Waals surface area contributed by atoms with Crippen molar-refractivity contribution in [1.82, 2.24) is 14.7 Å². The van der Waals surface area contributed by atoms with Gasteiger partial charge < -0.3 is 9.80 Å². The maximum absolute atomic E-state index is 12.9. The molecule has 3 aromatic rings. The first-order chi connectivity index (χ1) is 14.3. The highest BCUT2D eigenvalue weighted by atomic mass is 35.5. The van der Waals surface area contributed by atoms with Crippen LogP contribution in [-0.4, -0.2) is 51.7 Å². The maximum atomic E-state index is 12.9. The van der Waals surface area contributed by atoms with Crippen LogP contribution < -0.4 is 4.90 Å². The van der Waals surface area contributed by atoms with E-state index in [1.807, 2.05) is 24.0 Å². The standard InChI is InChI=1S/C21H22ClN5O3/c1-14-11-16(3-5-19(14)22)24-7-9-25(10-8-24)21(28)13-26-20-6-4-17(27(29)30)12-18(20)15(2)23-26/h3-6,11-12H,7-10,13H2,1-2H3. The normalized spacial score (nSPS) is 14.4. The van der Waals surface area contributed by atoms with Crippen molar-refractivity contribution in [3.63, 3.8) is 0 Å². The van der Waals surface area contributed by atoms with Crippen LogP contribution in [0.25, 0.3) is 10.9 Å². The molecule has 2 aromatic carbocycles. The average molecular weight is 428 g/mol. The van der Waals surface area contributed by atoms with Crippen molar-refractivity contribution in [3.05, 3.63) is 62.8 Å². The van der Waals surface area contributed by atoms with Gasteiger partial charge in [0.2, 0.25) is 5.91 Å². The second-order valence-corrected chi connectivity index (χ2v) is 7.91. The number of aryl methyl sites for hydroxylation is 2. The van der Waals surface area contributed by atoms with Gasteiger partial charge in [-0.25, -0.2) is 0 Å². The van der Waals surface area contributed by atoms with Crippen LogP contribution in [0.1, 0.15) is 11.3 Å². The number of carbonyl (C=O) groups excluding carboxylic acids is 1. The van der Waals surface area contributed by atoms with Crippen LogP contribution in [0.15, 0.2) is 36.4 Å². The van der Waals surface area contributed by atoms with Gasteiger partial charge in [-0.1, -0.05) is 11.6 Å². The van der Waals surface area contributed by atoms with Crippen molar-refractivity contribution in [2.75, 3.05) is 31.1 Å². The first-order valence-electron chi connectivity index (χ1n) is 9.74. The number of benzene rings is 2. The number of piperazine rings is 1. The quantitative estimate of drug-likeness (QED) is 0.469. The van der Waals surface area contributed by atoms with Gasteiger partial charge in [-0.15, -0.1) is 0 Å².